The third-order valence-electron chi connectivity index (χ3n) is 4.91. The molecule has 0 unspecified atom stereocenters. The molecule has 0 aliphatic carbocycles. The summed E-state index contributed by atoms with van der Waals surface area (Å²) in [5.41, 5.74) is 2.87. The lowest BCUT2D eigenvalue weighted by Crippen LogP contribution is -2.61. The molecular formula is C20H20ClN5O2. The molecule has 28 heavy (non-hydrogen) atoms. The minimum Gasteiger partial charge on any atom is -0.348 e. The SMILES string of the molecule is C=CC(=O)N1CC(NC(=O)Cn2cc(-c3cnn(C)c3)c3cc(Cl)ccc32)C1. The number of aromatic nitrogens is 3. The molecule has 1 saturated heterocycles. The van der Waals surface area contributed by atoms with Gasteiger partial charge in [-0.2, -0.15) is 5.10 Å². The zero-order valence-electron chi connectivity index (χ0n) is 15.4. The van der Waals surface area contributed by atoms with Crippen LogP contribution in [0.2, 0.25) is 5.02 Å². The quantitative estimate of drug-likeness (QED) is 0.671. The average molecular weight is 398 g/mol. The van der Waals surface area contributed by atoms with Gasteiger partial charge in [0.1, 0.15) is 6.54 Å². The molecule has 0 saturated carbocycles. The number of hydrogen-bond donors (Lipinski definition) is 1. The number of aryl methyl sites for hydroxylation is 1. The molecule has 1 aliphatic rings. The van der Waals surface area contributed by atoms with Gasteiger partial charge < -0.3 is 14.8 Å². The predicted octanol–water partition coefficient (Wildman–Crippen LogP) is 2.21. The van der Waals surface area contributed by atoms with Crippen molar-refractivity contribution in [2.75, 3.05) is 13.1 Å². The maximum atomic E-state index is 12.5. The van der Waals surface area contributed by atoms with E-state index in [2.05, 4.69) is 17.0 Å². The molecule has 4 rings (SSSR count). The average Bonchev–Trinajstić information content (AvgIpc) is 3.20. The Hall–Kier alpha value is -3.06. The zero-order chi connectivity index (χ0) is 19.8. The lowest BCUT2D eigenvalue weighted by molar-refractivity contribution is -0.133. The number of fused-ring (bicyclic) bond motifs is 1. The Morgan fingerprint density at radius 1 is 1.36 bits per heavy atom. The van der Waals surface area contributed by atoms with Gasteiger partial charge in [-0.05, 0) is 24.3 Å². The highest BCUT2D eigenvalue weighted by Crippen LogP contribution is 2.32. The Morgan fingerprint density at radius 2 is 2.14 bits per heavy atom. The van der Waals surface area contributed by atoms with E-state index in [1.54, 1.807) is 15.8 Å². The first-order valence-electron chi connectivity index (χ1n) is 8.92. The summed E-state index contributed by atoms with van der Waals surface area (Å²) in [6, 6.07) is 5.61. The van der Waals surface area contributed by atoms with Gasteiger partial charge in [0.15, 0.2) is 0 Å². The Bertz CT molecular complexity index is 1080. The molecular weight excluding hydrogens is 378 g/mol. The van der Waals surface area contributed by atoms with Crippen LogP contribution in [0, 0.1) is 0 Å². The maximum absolute atomic E-state index is 12.5. The van der Waals surface area contributed by atoms with Gasteiger partial charge in [-0.15, -0.1) is 0 Å². The van der Waals surface area contributed by atoms with Crippen molar-refractivity contribution in [2.24, 2.45) is 7.05 Å². The lowest BCUT2D eigenvalue weighted by Gasteiger charge is -2.38. The normalized spacial score (nSPS) is 14.1. The monoisotopic (exact) mass is 397 g/mol. The van der Waals surface area contributed by atoms with Crippen molar-refractivity contribution in [3.05, 3.63) is 54.5 Å². The number of likely N-dealkylation sites (tertiary alicyclic amines) is 1. The largest absolute Gasteiger partial charge is 0.348 e. The van der Waals surface area contributed by atoms with Crippen LogP contribution in [0.4, 0.5) is 0 Å². The number of amides is 2. The van der Waals surface area contributed by atoms with Gasteiger partial charge >= 0.3 is 0 Å². The number of carbonyl (C=O) groups is 2. The van der Waals surface area contributed by atoms with Crippen LogP contribution in [0.1, 0.15) is 0 Å². The Balaban J connectivity index is 1.53. The molecule has 2 amide bonds. The third-order valence-corrected chi connectivity index (χ3v) is 5.14. The summed E-state index contributed by atoms with van der Waals surface area (Å²) in [5, 5.41) is 8.82. The molecule has 3 aromatic rings. The highest BCUT2D eigenvalue weighted by atomic mass is 35.5. The number of halogens is 1. The highest BCUT2D eigenvalue weighted by molar-refractivity contribution is 6.31. The fourth-order valence-electron chi connectivity index (χ4n) is 3.50. The fourth-order valence-corrected chi connectivity index (χ4v) is 3.67. The summed E-state index contributed by atoms with van der Waals surface area (Å²) in [6.45, 7) is 4.68. The van der Waals surface area contributed by atoms with Crippen LogP contribution in [0.3, 0.4) is 0 Å². The number of hydrogen-bond acceptors (Lipinski definition) is 3. The number of benzene rings is 1. The molecule has 8 heteroatoms. The molecule has 0 spiro atoms. The van der Waals surface area contributed by atoms with E-state index >= 15 is 0 Å². The molecule has 1 fully saturated rings. The van der Waals surface area contributed by atoms with E-state index in [0.29, 0.717) is 18.1 Å². The lowest BCUT2D eigenvalue weighted by atomic mass is 10.1. The standard InChI is InChI=1S/C20H20ClN5O2/c1-3-20(28)26-9-15(10-26)23-19(27)12-25-11-17(13-7-22-24(2)8-13)16-6-14(21)4-5-18(16)25/h3-8,11,15H,1,9-10,12H2,2H3,(H,23,27). The smallest absolute Gasteiger partial charge is 0.246 e. The van der Waals surface area contributed by atoms with Crippen LogP contribution in [0.25, 0.3) is 22.0 Å². The van der Waals surface area contributed by atoms with Crippen molar-refractivity contribution in [3.63, 3.8) is 0 Å². The summed E-state index contributed by atoms with van der Waals surface area (Å²) < 4.78 is 3.65. The van der Waals surface area contributed by atoms with Crippen LogP contribution in [-0.2, 0) is 23.2 Å². The molecule has 0 atom stereocenters. The minimum atomic E-state index is -0.111. The van der Waals surface area contributed by atoms with Crippen LogP contribution in [0.15, 0.2) is 49.4 Å². The first-order chi connectivity index (χ1) is 13.4. The van der Waals surface area contributed by atoms with Crippen molar-refractivity contribution >= 4 is 34.3 Å². The molecule has 2 aromatic heterocycles. The first-order valence-corrected chi connectivity index (χ1v) is 9.30. The van der Waals surface area contributed by atoms with Gasteiger partial charge in [-0.1, -0.05) is 18.2 Å². The van der Waals surface area contributed by atoms with Crippen LogP contribution < -0.4 is 5.32 Å². The molecule has 1 N–H and O–H groups in total. The second kappa shape index (κ2) is 7.16. The van der Waals surface area contributed by atoms with Gasteiger partial charge in [-0.3, -0.25) is 14.3 Å². The van der Waals surface area contributed by atoms with E-state index in [0.717, 1.165) is 22.0 Å². The van der Waals surface area contributed by atoms with E-state index in [1.165, 1.54) is 6.08 Å². The summed E-state index contributed by atoms with van der Waals surface area (Å²) >= 11 is 6.20. The van der Waals surface area contributed by atoms with E-state index in [9.17, 15) is 9.59 Å². The van der Waals surface area contributed by atoms with Crippen molar-refractivity contribution < 1.29 is 9.59 Å². The van der Waals surface area contributed by atoms with Crippen molar-refractivity contribution in [1.29, 1.82) is 0 Å². The summed E-state index contributed by atoms with van der Waals surface area (Å²) in [4.78, 5) is 25.7. The van der Waals surface area contributed by atoms with Crippen LogP contribution >= 0.6 is 11.6 Å². The van der Waals surface area contributed by atoms with E-state index < -0.39 is 0 Å². The zero-order valence-corrected chi connectivity index (χ0v) is 16.2. The van der Waals surface area contributed by atoms with Crippen LogP contribution in [0.5, 0.6) is 0 Å². The number of nitrogens with one attached hydrogen (secondary N) is 1. The summed E-state index contributed by atoms with van der Waals surface area (Å²) in [5.74, 6) is -0.208. The summed E-state index contributed by atoms with van der Waals surface area (Å²) in [7, 11) is 1.86. The second-order valence-electron chi connectivity index (χ2n) is 6.95. The number of rotatable bonds is 5. The fraction of sp³-hybridized carbons (Fsp3) is 0.250. The summed E-state index contributed by atoms with van der Waals surface area (Å²) in [6.07, 6.45) is 6.96. The van der Waals surface area contributed by atoms with Gasteiger partial charge in [0.05, 0.1) is 12.2 Å². The molecule has 144 valence electrons. The molecule has 3 heterocycles. The minimum absolute atomic E-state index is 0.0227. The Morgan fingerprint density at radius 3 is 2.82 bits per heavy atom. The number of carbonyl (C=O) groups excluding carboxylic acids is 2. The van der Waals surface area contributed by atoms with E-state index in [-0.39, 0.29) is 24.4 Å². The maximum Gasteiger partial charge on any atom is 0.246 e. The van der Waals surface area contributed by atoms with Crippen molar-refractivity contribution in [2.45, 2.75) is 12.6 Å². The third kappa shape index (κ3) is 3.41. The molecule has 0 radical (unpaired) electrons. The van der Waals surface area contributed by atoms with E-state index in [1.807, 2.05) is 42.2 Å². The Kier molecular flexibility index (Phi) is 4.68. The molecule has 0 bridgehead atoms. The highest BCUT2D eigenvalue weighted by Gasteiger charge is 2.30. The van der Waals surface area contributed by atoms with Gasteiger partial charge in [0.2, 0.25) is 11.8 Å². The second-order valence-corrected chi connectivity index (χ2v) is 7.38. The first kappa shape index (κ1) is 18.3. The predicted molar refractivity (Wildman–Crippen MR) is 108 cm³/mol. The molecule has 7 nitrogen and oxygen atoms in total. The van der Waals surface area contributed by atoms with Gasteiger partial charge in [-0.25, -0.2) is 0 Å². The van der Waals surface area contributed by atoms with Crippen LogP contribution in [-0.4, -0.2) is 50.2 Å². The molecule has 1 aliphatic heterocycles. The number of nitrogens with zero attached hydrogens (tertiary/aromatic N) is 4. The van der Waals surface area contributed by atoms with Crippen molar-refractivity contribution in [3.8, 4) is 11.1 Å². The Labute approximate surface area is 167 Å². The van der Waals surface area contributed by atoms with Gasteiger partial charge in [0.25, 0.3) is 0 Å². The topological polar surface area (TPSA) is 72.2 Å². The van der Waals surface area contributed by atoms with E-state index in [4.69, 9.17) is 11.6 Å². The van der Waals surface area contributed by atoms with Crippen molar-refractivity contribution in [1.82, 2.24) is 24.6 Å². The van der Waals surface area contributed by atoms with Gasteiger partial charge in [0, 0.05) is 59.6 Å². The molecule has 1 aromatic carbocycles.